The van der Waals surface area contributed by atoms with Crippen LogP contribution in [-0.4, -0.2) is 29.0 Å². The number of aryl methyl sites for hydroxylation is 1. The summed E-state index contributed by atoms with van der Waals surface area (Å²) in [5.41, 5.74) is 6.53. The molecule has 1 rings (SSSR count). The standard InChI is InChI=1S/C11H18F2N4/c1-7(2)9-4-8(3)16-10(17-9)15-6-11(12,13)5-14/h4,7H,5-6,14H2,1-3H3,(H,15,16,17). The van der Waals surface area contributed by atoms with Gasteiger partial charge in [0.2, 0.25) is 5.95 Å². The van der Waals surface area contributed by atoms with Crippen molar-refractivity contribution in [3.63, 3.8) is 0 Å². The second-order valence-corrected chi connectivity index (χ2v) is 4.33. The zero-order chi connectivity index (χ0) is 13.1. The highest BCUT2D eigenvalue weighted by Gasteiger charge is 2.26. The van der Waals surface area contributed by atoms with Gasteiger partial charge in [-0.1, -0.05) is 13.8 Å². The van der Waals surface area contributed by atoms with Crippen LogP contribution in [0.3, 0.4) is 0 Å². The Labute approximate surface area is 99.6 Å². The first-order chi connectivity index (χ1) is 7.84. The molecule has 1 aromatic rings. The molecular weight excluding hydrogens is 226 g/mol. The molecule has 0 aromatic carbocycles. The van der Waals surface area contributed by atoms with Gasteiger partial charge in [-0.2, -0.15) is 0 Å². The maximum absolute atomic E-state index is 13.0. The van der Waals surface area contributed by atoms with Gasteiger partial charge in [-0.25, -0.2) is 18.7 Å². The third-order valence-corrected chi connectivity index (χ3v) is 2.27. The summed E-state index contributed by atoms with van der Waals surface area (Å²) in [5, 5.41) is 2.52. The molecule has 0 spiro atoms. The zero-order valence-corrected chi connectivity index (χ0v) is 10.3. The Balaban J connectivity index is 2.78. The lowest BCUT2D eigenvalue weighted by Gasteiger charge is -2.15. The molecular formula is C11H18F2N4. The Kier molecular flexibility index (Phi) is 4.34. The monoisotopic (exact) mass is 244 g/mol. The van der Waals surface area contributed by atoms with E-state index in [1.54, 1.807) is 6.92 Å². The lowest BCUT2D eigenvalue weighted by Crippen LogP contribution is -2.35. The lowest BCUT2D eigenvalue weighted by atomic mass is 10.1. The summed E-state index contributed by atoms with van der Waals surface area (Å²) >= 11 is 0. The summed E-state index contributed by atoms with van der Waals surface area (Å²) in [7, 11) is 0. The van der Waals surface area contributed by atoms with Gasteiger partial charge in [-0.15, -0.1) is 0 Å². The molecule has 1 heterocycles. The SMILES string of the molecule is Cc1cc(C(C)C)nc(NCC(F)(F)CN)n1. The minimum absolute atomic E-state index is 0.224. The van der Waals surface area contributed by atoms with E-state index in [-0.39, 0.29) is 11.9 Å². The molecule has 0 aliphatic heterocycles. The van der Waals surface area contributed by atoms with Crippen LogP contribution in [0.25, 0.3) is 0 Å². The van der Waals surface area contributed by atoms with Crippen molar-refractivity contribution in [2.45, 2.75) is 32.6 Å². The van der Waals surface area contributed by atoms with Crippen LogP contribution < -0.4 is 11.1 Å². The zero-order valence-electron chi connectivity index (χ0n) is 10.3. The number of hydrogen-bond donors (Lipinski definition) is 2. The van der Waals surface area contributed by atoms with Crippen molar-refractivity contribution in [1.82, 2.24) is 9.97 Å². The van der Waals surface area contributed by atoms with Gasteiger partial charge in [0, 0.05) is 11.4 Å². The molecule has 0 unspecified atom stereocenters. The summed E-state index contributed by atoms with van der Waals surface area (Å²) in [6.07, 6.45) is 0. The first-order valence-electron chi connectivity index (χ1n) is 5.51. The summed E-state index contributed by atoms with van der Waals surface area (Å²) in [5.74, 6) is -2.49. The number of nitrogens with zero attached hydrogens (tertiary/aromatic N) is 2. The van der Waals surface area contributed by atoms with E-state index >= 15 is 0 Å². The second-order valence-electron chi connectivity index (χ2n) is 4.33. The molecule has 6 heteroatoms. The van der Waals surface area contributed by atoms with Gasteiger partial charge in [0.25, 0.3) is 5.92 Å². The highest BCUT2D eigenvalue weighted by molar-refractivity contribution is 5.29. The molecule has 0 atom stereocenters. The van der Waals surface area contributed by atoms with Crippen molar-refractivity contribution in [2.75, 3.05) is 18.4 Å². The molecule has 3 N–H and O–H groups in total. The Bertz CT molecular complexity index is 380. The quantitative estimate of drug-likeness (QED) is 0.830. The van der Waals surface area contributed by atoms with Crippen molar-refractivity contribution in [3.8, 4) is 0 Å². The fraction of sp³-hybridized carbons (Fsp3) is 0.636. The Hall–Kier alpha value is -1.30. The van der Waals surface area contributed by atoms with Crippen LogP contribution in [0, 0.1) is 6.92 Å². The van der Waals surface area contributed by atoms with Crippen LogP contribution in [0.2, 0.25) is 0 Å². The first-order valence-corrected chi connectivity index (χ1v) is 5.51. The van der Waals surface area contributed by atoms with Gasteiger partial charge in [-0.3, -0.25) is 0 Å². The van der Waals surface area contributed by atoms with Gasteiger partial charge >= 0.3 is 0 Å². The number of aromatic nitrogens is 2. The maximum atomic E-state index is 13.0. The molecule has 0 saturated carbocycles. The summed E-state index contributed by atoms with van der Waals surface area (Å²) < 4.78 is 25.9. The van der Waals surface area contributed by atoms with Crippen molar-refractivity contribution in [3.05, 3.63) is 17.5 Å². The first kappa shape index (κ1) is 13.8. The van der Waals surface area contributed by atoms with E-state index < -0.39 is 19.0 Å². The van der Waals surface area contributed by atoms with Crippen LogP contribution in [0.1, 0.15) is 31.2 Å². The molecule has 4 nitrogen and oxygen atoms in total. The van der Waals surface area contributed by atoms with E-state index in [4.69, 9.17) is 5.73 Å². The van der Waals surface area contributed by atoms with Crippen molar-refractivity contribution >= 4 is 5.95 Å². The Morgan fingerprint density at radius 3 is 2.59 bits per heavy atom. The topological polar surface area (TPSA) is 63.8 Å². The van der Waals surface area contributed by atoms with E-state index in [9.17, 15) is 8.78 Å². The number of alkyl halides is 2. The van der Waals surface area contributed by atoms with E-state index in [1.165, 1.54) is 0 Å². The number of nitrogens with two attached hydrogens (primary N) is 1. The molecule has 0 saturated heterocycles. The highest BCUT2D eigenvalue weighted by atomic mass is 19.3. The average molecular weight is 244 g/mol. The van der Waals surface area contributed by atoms with Gasteiger partial charge in [0.05, 0.1) is 13.1 Å². The predicted octanol–water partition coefficient (Wildman–Crippen LogP) is 1.91. The van der Waals surface area contributed by atoms with Gasteiger partial charge in [0.1, 0.15) is 0 Å². The third-order valence-electron chi connectivity index (χ3n) is 2.27. The molecule has 0 aliphatic carbocycles. The summed E-state index contributed by atoms with van der Waals surface area (Å²) in [4.78, 5) is 8.23. The van der Waals surface area contributed by atoms with Crippen LogP contribution in [0.5, 0.6) is 0 Å². The molecule has 96 valence electrons. The number of nitrogens with one attached hydrogen (secondary N) is 1. The van der Waals surface area contributed by atoms with Crippen molar-refractivity contribution in [1.29, 1.82) is 0 Å². The minimum atomic E-state index is -2.94. The summed E-state index contributed by atoms with van der Waals surface area (Å²) in [6.45, 7) is 4.53. The highest BCUT2D eigenvalue weighted by Crippen LogP contribution is 2.16. The maximum Gasteiger partial charge on any atom is 0.277 e. The smallest absolute Gasteiger partial charge is 0.277 e. The van der Waals surface area contributed by atoms with Crippen LogP contribution >= 0.6 is 0 Å². The minimum Gasteiger partial charge on any atom is -0.348 e. The third kappa shape index (κ3) is 4.22. The number of hydrogen-bond acceptors (Lipinski definition) is 4. The second kappa shape index (κ2) is 5.35. The van der Waals surface area contributed by atoms with Crippen LogP contribution in [0.4, 0.5) is 14.7 Å². The number of anilines is 1. The lowest BCUT2D eigenvalue weighted by molar-refractivity contribution is 0.0252. The molecule has 0 amide bonds. The predicted molar refractivity (Wildman–Crippen MR) is 63.3 cm³/mol. The Morgan fingerprint density at radius 2 is 2.06 bits per heavy atom. The average Bonchev–Trinajstić information content (AvgIpc) is 2.26. The van der Waals surface area contributed by atoms with Crippen molar-refractivity contribution < 1.29 is 8.78 Å². The Morgan fingerprint density at radius 1 is 1.41 bits per heavy atom. The van der Waals surface area contributed by atoms with Crippen molar-refractivity contribution in [2.24, 2.45) is 5.73 Å². The van der Waals surface area contributed by atoms with E-state index in [2.05, 4.69) is 15.3 Å². The fourth-order valence-electron chi connectivity index (χ4n) is 1.25. The normalized spacial score (nSPS) is 11.9. The fourth-order valence-corrected chi connectivity index (χ4v) is 1.25. The molecule has 0 fully saturated rings. The molecule has 1 aromatic heterocycles. The van der Waals surface area contributed by atoms with Gasteiger partial charge in [0.15, 0.2) is 0 Å². The molecule has 0 aliphatic rings. The molecule has 0 bridgehead atoms. The summed E-state index contributed by atoms with van der Waals surface area (Å²) in [6, 6.07) is 1.84. The molecule has 0 radical (unpaired) electrons. The molecule has 17 heavy (non-hydrogen) atoms. The van der Waals surface area contributed by atoms with Crippen LogP contribution in [0.15, 0.2) is 6.07 Å². The van der Waals surface area contributed by atoms with E-state index in [0.717, 1.165) is 11.4 Å². The van der Waals surface area contributed by atoms with E-state index in [1.807, 2.05) is 19.9 Å². The van der Waals surface area contributed by atoms with Crippen LogP contribution in [-0.2, 0) is 0 Å². The number of halogens is 2. The number of rotatable bonds is 5. The largest absolute Gasteiger partial charge is 0.348 e. The van der Waals surface area contributed by atoms with E-state index in [0.29, 0.717) is 0 Å². The van der Waals surface area contributed by atoms with Gasteiger partial charge in [-0.05, 0) is 18.9 Å². The van der Waals surface area contributed by atoms with Gasteiger partial charge < -0.3 is 11.1 Å².